The number of aliphatic hydroxyl groups excluding tert-OH is 1. The predicted molar refractivity (Wildman–Crippen MR) is 84.7 cm³/mol. The minimum absolute atomic E-state index is 0.0302. The fourth-order valence-corrected chi connectivity index (χ4v) is 2.64. The van der Waals surface area contributed by atoms with E-state index in [1.54, 1.807) is 12.1 Å². The summed E-state index contributed by atoms with van der Waals surface area (Å²) < 4.78 is 5.13. The van der Waals surface area contributed by atoms with Gasteiger partial charge in [-0.15, -0.1) is 0 Å². The van der Waals surface area contributed by atoms with E-state index >= 15 is 0 Å². The number of furan rings is 1. The maximum Gasteiger partial charge on any atom is 0.325 e. The van der Waals surface area contributed by atoms with Gasteiger partial charge in [-0.05, 0) is 24.5 Å². The first kappa shape index (κ1) is 18.0. The highest BCUT2D eigenvalue weighted by Crippen LogP contribution is 2.14. The zero-order valence-corrected chi connectivity index (χ0v) is 13.8. The Morgan fingerprint density at radius 3 is 2.79 bits per heavy atom. The van der Waals surface area contributed by atoms with Crippen LogP contribution in [0.15, 0.2) is 22.8 Å². The first-order valence-electron chi connectivity index (χ1n) is 7.95. The first-order valence-corrected chi connectivity index (χ1v) is 7.95. The van der Waals surface area contributed by atoms with Crippen molar-refractivity contribution >= 4 is 17.8 Å². The topological polar surface area (TPSA) is 112 Å². The van der Waals surface area contributed by atoms with Gasteiger partial charge in [-0.2, -0.15) is 0 Å². The molecule has 132 valence electrons. The molecule has 1 unspecified atom stereocenters. The molecule has 8 nitrogen and oxygen atoms in total. The highest BCUT2D eigenvalue weighted by atomic mass is 16.3. The van der Waals surface area contributed by atoms with E-state index in [0.717, 1.165) is 4.90 Å². The van der Waals surface area contributed by atoms with Gasteiger partial charge in [0.25, 0.3) is 5.91 Å². The van der Waals surface area contributed by atoms with Crippen molar-refractivity contribution in [1.29, 1.82) is 0 Å². The van der Waals surface area contributed by atoms with Crippen molar-refractivity contribution < 1.29 is 23.9 Å². The van der Waals surface area contributed by atoms with Gasteiger partial charge in [-0.3, -0.25) is 14.5 Å². The molecule has 1 aromatic rings. The molecule has 3 N–H and O–H groups in total. The Morgan fingerprint density at radius 1 is 1.46 bits per heavy atom. The van der Waals surface area contributed by atoms with Crippen molar-refractivity contribution in [2.45, 2.75) is 45.3 Å². The van der Waals surface area contributed by atoms with Crippen LogP contribution in [-0.4, -0.2) is 46.5 Å². The Kier molecular flexibility index (Phi) is 5.97. The molecule has 2 rings (SSSR count). The minimum Gasteiger partial charge on any atom is -0.467 e. The third kappa shape index (κ3) is 4.58. The zero-order chi connectivity index (χ0) is 17.7. The number of nitrogens with one attached hydrogen (secondary N) is 2. The molecule has 1 aromatic heterocycles. The highest BCUT2D eigenvalue weighted by Gasteiger charge is 2.39. The molecule has 0 spiro atoms. The van der Waals surface area contributed by atoms with Gasteiger partial charge in [0.15, 0.2) is 0 Å². The van der Waals surface area contributed by atoms with E-state index in [2.05, 4.69) is 10.6 Å². The fourth-order valence-electron chi connectivity index (χ4n) is 2.64. The summed E-state index contributed by atoms with van der Waals surface area (Å²) in [6.45, 7) is 3.84. The molecule has 0 aromatic carbocycles. The molecule has 24 heavy (non-hydrogen) atoms. The molecule has 1 saturated heterocycles. The Labute approximate surface area is 140 Å². The lowest BCUT2D eigenvalue weighted by Crippen LogP contribution is -2.42. The maximum atomic E-state index is 12.3. The maximum absolute atomic E-state index is 12.3. The number of carbonyl (C=O) groups is 3. The molecule has 0 aliphatic carbocycles. The Hall–Kier alpha value is -2.35. The van der Waals surface area contributed by atoms with Crippen LogP contribution in [0.2, 0.25) is 0 Å². The SMILES string of the molecule is CC(C)C[C@@H](CO)NC(=O)CC1NC(=O)N(Cc2ccco2)C1=O. The number of urea groups is 1. The smallest absolute Gasteiger partial charge is 0.325 e. The number of carbonyl (C=O) groups excluding carboxylic acids is 3. The summed E-state index contributed by atoms with van der Waals surface area (Å²) in [5.41, 5.74) is 0. The third-order valence-corrected chi connectivity index (χ3v) is 3.73. The molecule has 8 heteroatoms. The van der Waals surface area contributed by atoms with Crippen LogP contribution >= 0.6 is 0 Å². The van der Waals surface area contributed by atoms with Crippen molar-refractivity contribution in [1.82, 2.24) is 15.5 Å². The van der Waals surface area contributed by atoms with Gasteiger partial charge < -0.3 is 20.2 Å². The highest BCUT2D eigenvalue weighted by molar-refractivity contribution is 6.05. The van der Waals surface area contributed by atoms with Crippen LogP contribution < -0.4 is 10.6 Å². The molecule has 2 heterocycles. The summed E-state index contributed by atoms with van der Waals surface area (Å²) in [5, 5.41) is 14.5. The van der Waals surface area contributed by atoms with Gasteiger partial charge in [0, 0.05) is 0 Å². The number of hydrogen-bond donors (Lipinski definition) is 3. The standard InChI is InChI=1S/C16H23N3O5/c1-10(2)6-11(9-20)17-14(21)7-13-15(22)19(16(23)18-13)8-12-4-3-5-24-12/h3-5,10-11,13,20H,6-9H2,1-2H3,(H,17,21)(H,18,23)/t11-,13?/m0/s1. The number of imide groups is 1. The van der Waals surface area contributed by atoms with Crippen molar-refractivity contribution in [3.8, 4) is 0 Å². The quantitative estimate of drug-likeness (QED) is 0.602. The number of nitrogens with zero attached hydrogens (tertiary/aromatic N) is 1. The number of hydrogen-bond acceptors (Lipinski definition) is 5. The molecule has 0 saturated carbocycles. The van der Waals surface area contributed by atoms with Gasteiger partial charge in [-0.1, -0.05) is 13.8 Å². The number of aliphatic hydroxyl groups is 1. The summed E-state index contributed by atoms with van der Waals surface area (Å²) >= 11 is 0. The van der Waals surface area contributed by atoms with E-state index in [4.69, 9.17) is 4.42 Å². The third-order valence-electron chi connectivity index (χ3n) is 3.73. The van der Waals surface area contributed by atoms with Crippen LogP contribution in [0.25, 0.3) is 0 Å². The average molecular weight is 337 g/mol. The van der Waals surface area contributed by atoms with Crippen LogP contribution in [0, 0.1) is 5.92 Å². The summed E-state index contributed by atoms with van der Waals surface area (Å²) in [4.78, 5) is 37.3. The van der Waals surface area contributed by atoms with Crippen molar-refractivity contribution in [3.63, 3.8) is 0 Å². The Balaban J connectivity index is 1.89. The average Bonchev–Trinajstić information content (AvgIpc) is 3.10. The van der Waals surface area contributed by atoms with Crippen LogP contribution in [0.1, 0.15) is 32.4 Å². The minimum atomic E-state index is -0.897. The Bertz CT molecular complexity index is 585. The molecule has 4 amide bonds. The van der Waals surface area contributed by atoms with Gasteiger partial charge >= 0.3 is 6.03 Å². The molecule has 2 atom stereocenters. The van der Waals surface area contributed by atoms with Crippen molar-refractivity contribution in [3.05, 3.63) is 24.2 Å². The van der Waals surface area contributed by atoms with E-state index in [-0.39, 0.29) is 31.5 Å². The zero-order valence-electron chi connectivity index (χ0n) is 13.8. The second-order valence-corrected chi connectivity index (χ2v) is 6.29. The second kappa shape index (κ2) is 7.96. The lowest BCUT2D eigenvalue weighted by Gasteiger charge is -2.19. The van der Waals surface area contributed by atoms with Crippen LogP contribution in [0.4, 0.5) is 4.79 Å². The first-order chi connectivity index (χ1) is 11.4. The van der Waals surface area contributed by atoms with E-state index in [0.29, 0.717) is 18.1 Å². The molecule has 0 bridgehead atoms. The van der Waals surface area contributed by atoms with E-state index in [1.165, 1.54) is 6.26 Å². The summed E-state index contributed by atoms with van der Waals surface area (Å²) in [6.07, 6.45) is 1.94. The molecule has 1 aliphatic heterocycles. The summed E-state index contributed by atoms with van der Waals surface area (Å²) in [6, 6.07) is 1.53. The normalized spacial score (nSPS) is 18.8. The fraction of sp³-hybridized carbons (Fsp3) is 0.562. The molecule has 1 fully saturated rings. The summed E-state index contributed by atoms with van der Waals surface area (Å²) in [5.74, 6) is -0.0379. The lowest BCUT2D eigenvalue weighted by molar-refractivity contribution is -0.131. The monoisotopic (exact) mass is 337 g/mol. The van der Waals surface area contributed by atoms with Crippen LogP contribution in [0.5, 0.6) is 0 Å². The van der Waals surface area contributed by atoms with Crippen LogP contribution in [-0.2, 0) is 16.1 Å². The predicted octanol–water partition coefficient (Wildman–Crippen LogP) is 0.613. The summed E-state index contributed by atoms with van der Waals surface area (Å²) in [7, 11) is 0. The van der Waals surface area contributed by atoms with Crippen molar-refractivity contribution in [2.75, 3.05) is 6.61 Å². The van der Waals surface area contributed by atoms with Crippen molar-refractivity contribution in [2.24, 2.45) is 5.92 Å². The lowest BCUT2D eigenvalue weighted by atomic mass is 10.0. The van der Waals surface area contributed by atoms with E-state index < -0.39 is 18.0 Å². The van der Waals surface area contributed by atoms with Gasteiger partial charge in [-0.25, -0.2) is 4.79 Å². The van der Waals surface area contributed by atoms with Gasteiger partial charge in [0.05, 0.1) is 31.9 Å². The molecular weight excluding hydrogens is 314 g/mol. The second-order valence-electron chi connectivity index (χ2n) is 6.29. The van der Waals surface area contributed by atoms with E-state index in [9.17, 15) is 19.5 Å². The van der Waals surface area contributed by atoms with Gasteiger partial charge in [0.1, 0.15) is 11.8 Å². The van der Waals surface area contributed by atoms with Gasteiger partial charge in [0.2, 0.25) is 5.91 Å². The molecular formula is C16H23N3O5. The van der Waals surface area contributed by atoms with E-state index in [1.807, 2.05) is 13.8 Å². The Morgan fingerprint density at radius 2 is 2.21 bits per heavy atom. The largest absolute Gasteiger partial charge is 0.467 e. The molecule has 0 radical (unpaired) electrons. The molecule has 1 aliphatic rings. The van der Waals surface area contributed by atoms with Crippen LogP contribution in [0.3, 0.4) is 0 Å². The number of amides is 4. The number of rotatable bonds is 8.